The smallest absolute Gasteiger partial charge is 0.243 e. The lowest BCUT2D eigenvalue weighted by Gasteiger charge is -2.33. The molecule has 0 saturated carbocycles. The van der Waals surface area contributed by atoms with Gasteiger partial charge in [-0.2, -0.15) is 0 Å². The van der Waals surface area contributed by atoms with Gasteiger partial charge in [0.15, 0.2) is 0 Å². The van der Waals surface area contributed by atoms with Gasteiger partial charge in [-0.25, -0.2) is 8.42 Å². The molecular formula is C28H40ClN3O4S. The minimum atomic E-state index is -3.54. The number of carbonyl (C=O) groups excluding carboxylic acids is 2. The van der Waals surface area contributed by atoms with Gasteiger partial charge in [0.1, 0.15) is 6.04 Å². The molecule has 9 heteroatoms. The fourth-order valence-corrected chi connectivity index (χ4v) is 5.25. The molecule has 2 amide bonds. The van der Waals surface area contributed by atoms with E-state index in [2.05, 4.69) is 5.32 Å². The molecule has 0 aromatic heterocycles. The van der Waals surface area contributed by atoms with Crippen molar-refractivity contribution in [1.29, 1.82) is 0 Å². The third-order valence-electron chi connectivity index (χ3n) is 5.97. The van der Waals surface area contributed by atoms with Gasteiger partial charge in [-0.1, -0.05) is 55.8 Å². The van der Waals surface area contributed by atoms with Crippen LogP contribution in [-0.2, 0) is 32.6 Å². The van der Waals surface area contributed by atoms with Gasteiger partial charge in [-0.05, 0) is 69.4 Å². The first-order valence-electron chi connectivity index (χ1n) is 12.7. The quantitative estimate of drug-likeness (QED) is 0.395. The van der Waals surface area contributed by atoms with Crippen LogP contribution in [0.5, 0.6) is 0 Å². The summed E-state index contributed by atoms with van der Waals surface area (Å²) in [6, 6.07) is 13.9. The van der Waals surface area contributed by atoms with Crippen molar-refractivity contribution in [1.82, 2.24) is 10.2 Å². The van der Waals surface area contributed by atoms with E-state index in [1.54, 1.807) is 23.1 Å². The van der Waals surface area contributed by atoms with Crippen LogP contribution in [0.2, 0.25) is 5.02 Å². The largest absolute Gasteiger partial charge is 0.350 e. The molecule has 0 spiro atoms. The molecule has 1 unspecified atom stereocenters. The standard InChI is InChI=1S/C28H40ClN3O4S/c1-7-21-15-17-23(18-16-21)32(37(6,35)36)19-11-14-26(33)31(20-22-12-9-10-13-24(22)29)25(8-2)27(34)30-28(3,4)5/h9-10,12-13,15-18,25H,7-8,11,14,19-20H2,1-6H3,(H,30,34). The lowest BCUT2D eigenvalue weighted by Crippen LogP contribution is -2.53. The van der Waals surface area contributed by atoms with Gasteiger partial charge in [0.05, 0.1) is 11.9 Å². The summed E-state index contributed by atoms with van der Waals surface area (Å²) in [7, 11) is -3.54. The summed E-state index contributed by atoms with van der Waals surface area (Å²) in [6.07, 6.45) is 2.84. The number of anilines is 1. The molecule has 0 fully saturated rings. The van der Waals surface area contributed by atoms with Crippen molar-refractivity contribution in [3.8, 4) is 0 Å². The summed E-state index contributed by atoms with van der Waals surface area (Å²) in [5.74, 6) is -0.463. The summed E-state index contributed by atoms with van der Waals surface area (Å²) in [5, 5.41) is 3.50. The molecule has 2 aromatic carbocycles. The Balaban J connectivity index is 2.24. The number of hydrogen-bond donors (Lipinski definition) is 1. The number of rotatable bonds is 12. The Labute approximate surface area is 227 Å². The van der Waals surface area contributed by atoms with E-state index >= 15 is 0 Å². The summed E-state index contributed by atoms with van der Waals surface area (Å²) in [5.41, 5.74) is 1.97. The molecule has 0 bridgehead atoms. The lowest BCUT2D eigenvalue weighted by molar-refractivity contribution is -0.142. The molecule has 0 aliphatic heterocycles. The van der Waals surface area contributed by atoms with Crippen LogP contribution in [0.15, 0.2) is 48.5 Å². The fourth-order valence-electron chi connectivity index (χ4n) is 4.08. The average molecular weight is 550 g/mol. The highest BCUT2D eigenvalue weighted by atomic mass is 35.5. The predicted octanol–water partition coefficient (Wildman–Crippen LogP) is 5.17. The van der Waals surface area contributed by atoms with E-state index < -0.39 is 21.6 Å². The number of sulfonamides is 1. The Morgan fingerprint density at radius 3 is 2.16 bits per heavy atom. The van der Waals surface area contributed by atoms with Crippen molar-refractivity contribution >= 4 is 39.1 Å². The van der Waals surface area contributed by atoms with Crippen LogP contribution in [0, 0.1) is 0 Å². The Morgan fingerprint density at radius 1 is 1.03 bits per heavy atom. The summed E-state index contributed by atoms with van der Waals surface area (Å²) >= 11 is 6.38. The average Bonchev–Trinajstić information content (AvgIpc) is 2.81. The third kappa shape index (κ3) is 9.34. The maximum absolute atomic E-state index is 13.5. The van der Waals surface area contributed by atoms with E-state index in [0.29, 0.717) is 23.6 Å². The van der Waals surface area contributed by atoms with Crippen LogP contribution < -0.4 is 9.62 Å². The normalized spacial score (nSPS) is 12.6. The van der Waals surface area contributed by atoms with E-state index in [-0.39, 0.29) is 31.3 Å². The SMILES string of the molecule is CCc1ccc(N(CCCC(=O)N(Cc2ccccc2Cl)C(CC)C(=O)NC(C)(C)C)S(C)(=O)=O)cc1. The van der Waals surface area contributed by atoms with E-state index in [0.717, 1.165) is 23.8 Å². The zero-order chi connectivity index (χ0) is 27.8. The minimum Gasteiger partial charge on any atom is -0.350 e. The van der Waals surface area contributed by atoms with Crippen molar-refractivity contribution in [3.05, 3.63) is 64.7 Å². The molecule has 0 radical (unpaired) electrons. The molecule has 37 heavy (non-hydrogen) atoms. The van der Waals surface area contributed by atoms with Crippen LogP contribution in [0.25, 0.3) is 0 Å². The van der Waals surface area contributed by atoms with Crippen molar-refractivity contribution in [2.45, 2.75) is 78.4 Å². The molecular weight excluding hydrogens is 510 g/mol. The zero-order valence-corrected chi connectivity index (χ0v) is 24.3. The molecule has 0 heterocycles. The van der Waals surface area contributed by atoms with E-state index in [4.69, 9.17) is 11.6 Å². The highest BCUT2D eigenvalue weighted by molar-refractivity contribution is 7.92. The van der Waals surface area contributed by atoms with Crippen LogP contribution in [0.4, 0.5) is 5.69 Å². The molecule has 1 N–H and O–H groups in total. The zero-order valence-electron chi connectivity index (χ0n) is 22.8. The first-order valence-corrected chi connectivity index (χ1v) is 14.9. The molecule has 1 atom stereocenters. The monoisotopic (exact) mass is 549 g/mol. The Morgan fingerprint density at radius 2 is 1.65 bits per heavy atom. The predicted molar refractivity (Wildman–Crippen MR) is 151 cm³/mol. The highest BCUT2D eigenvalue weighted by Gasteiger charge is 2.31. The second-order valence-electron chi connectivity index (χ2n) is 10.2. The Hall–Kier alpha value is -2.58. The number of halogens is 1. The molecule has 204 valence electrons. The van der Waals surface area contributed by atoms with Crippen LogP contribution in [-0.4, -0.2) is 49.5 Å². The first kappa shape index (κ1) is 30.6. The van der Waals surface area contributed by atoms with Gasteiger partial charge in [0, 0.05) is 30.1 Å². The maximum Gasteiger partial charge on any atom is 0.243 e. The van der Waals surface area contributed by atoms with E-state index in [1.807, 2.05) is 65.0 Å². The molecule has 0 aliphatic rings. The molecule has 0 aliphatic carbocycles. The van der Waals surface area contributed by atoms with Crippen molar-refractivity contribution in [2.24, 2.45) is 0 Å². The van der Waals surface area contributed by atoms with Crippen molar-refractivity contribution in [2.75, 3.05) is 17.1 Å². The number of nitrogens with one attached hydrogen (secondary N) is 1. The summed E-state index contributed by atoms with van der Waals surface area (Å²) in [4.78, 5) is 28.2. The van der Waals surface area contributed by atoms with E-state index in [1.165, 1.54) is 4.31 Å². The van der Waals surface area contributed by atoms with Crippen LogP contribution in [0.3, 0.4) is 0 Å². The third-order valence-corrected chi connectivity index (χ3v) is 7.53. The van der Waals surface area contributed by atoms with Gasteiger partial charge in [0.25, 0.3) is 0 Å². The minimum absolute atomic E-state index is 0.0861. The number of aryl methyl sites for hydroxylation is 1. The van der Waals surface area contributed by atoms with E-state index in [9.17, 15) is 18.0 Å². The number of benzene rings is 2. The number of nitrogens with zero attached hydrogens (tertiary/aromatic N) is 2. The number of amides is 2. The van der Waals surface area contributed by atoms with Crippen LogP contribution >= 0.6 is 11.6 Å². The molecule has 2 rings (SSSR count). The molecule has 2 aromatic rings. The van der Waals surface area contributed by atoms with Crippen LogP contribution in [0.1, 0.15) is 65.0 Å². The second kappa shape index (κ2) is 13.3. The van der Waals surface area contributed by atoms with Gasteiger partial charge >= 0.3 is 0 Å². The van der Waals surface area contributed by atoms with Crippen molar-refractivity contribution < 1.29 is 18.0 Å². The summed E-state index contributed by atoms with van der Waals surface area (Å²) < 4.78 is 26.3. The topological polar surface area (TPSA) is 86.8 Å². The fraction of sp³-hybridized carbons (Fsp3) is 0.500. The first-order chi connectivity index (χ1) is 17.3. The van der Waals surface area contributed by atoms with Gasteiger partial charge in [0.2, 0.25) is 21.8 Å². The lowest BCUT2D eigenvalue weighted by atomic mass is 10.0. The second-order valence-corrected chi connectivity index (χ2v) is 12.5. The van der Waals surface area contributed by atoms with Gasteiger partial charge < -0.3 is 10.2 Å². The molecule has 7 nitrogen and oxygen atoms in total. The van der Waals surface area contributed by atoms with Crippen molar-refractivity contribution in [3.63, 3.8) is 0 Å². The number of carbonyl (C=O) groups is 2. The Bertz CT molecular complexity index is 1160. The van der Waals surface area contributed by atoms with Gasteiger partial charge in [-0.15, -0.1) is 0 Å². The Kier molecular flexibility index (Phi) is 11.0. The summed E-state index contributed by atoms with van der Waals surface area (Å²) in [6.45, 7) is 9.92. The molecule has 0 saturated heterocycles. The maximum atomic E-state index is 13.5. The van der Waals surface area contributed by atoms with Gasteiger partial charge in [-0.3, -0.25) is 13.9 Å². The number of hydrogen-bond acceptors (Lipinski definition) is 4. The highest BCUT2D eigenvalue weighted by Crippen LogP contribution is 2.23.